The molecule has 2 N–H and O–H groups in total. The van der Waals surface area contributed by atoms with Crippen LogP contribution in [-0.4, -0.2) is 17.6 Å². The van der Waals surface area contributed by atoms with Gasteiger partial charge in [-0.05, 0) is 44.6 Å². The highest BCUT2D eigenvalue weighted by atomic mass is 15.2. The van der Waals surface area contributed by atoms with Crippen molar-refractivity contribution >= 4 is 5.82 Å². The molecule has 0 radical (unpaired) electrons. The molecule has 1 aliphatic carbocycles. The fourth-order valence-electron chi connectivity index (χ4n) is 3.72. The molecule has 0 aromatic carbocycles. The molecule has 98 valence electrons. The lowest BCUT2D eigenvalue weighted by atomic mass is 9.91. The zero-order chi connectivity index (χ0) is 12.5. The molecule has 2 fully saturated rings. The molecule has 1 aromatic rings. The molecule has 2 heterocycles. The van der Waals surface area contributed by atoms with Crippen molar-refractivity contribution in [1.29, 1.82) is 0 Å². The number of hydrogen-bond donors (Lipinski definition) is 1. The number of pyridine rings is 1. The summed E-state index contributed by atoms with van der Waals surface area (Å²) in [6, 6.07) is 4.91. The largest absolute Gasteiger partial charge is 0.353 e. The summed E-state index contributed by atoms with van der Waals surface area (Å²) < 4.78 is 0. The summed E-state index contributed by atoms with van der Waals surface area (Å²) in [7, 11) is 0. The molecule has 0 spiro atoms. The number of nitrogens with two attached hydrogens (primary N) is 1. The first-order chi connectivity index (χ1) is 8.77. The molecular weight excluding hydrogens is 222 g/mol. The summed E-state index contributed by atoms with van der Waals surface area (Å²) >= 11 is 0. The first-order valence-electron chi connectivity index (χ1n) is 7.24. The summed E-state index contributed by atoms with van der Waals surface area (Å²) in [4.78, 5) is 7.17. The fraction of sp³-hybridized carbons (Fsp3) is 0.667. The van der Waals surface area contributed by atoms with Gasteiger partial charge in [-0.15, -0.1) is 0 Å². The van der Waals surface area contributed by atoms with E-state index in [0.29, 0.717) is 6.04 Å². The van der Waals surface area contributed by atoms with Gasteiger partial charge in [0, 0.05) is 30.4 Å². The Labute approximate surface area is 109 Å². The number of rotatable bonds is 2. The fourth-order valence-corrected chi connectivity index (χ4v) is 3.72. The monoisotopic (exact) mass is 245 g/mol. The summed E-state index contributed by atoms with van der Waals surface area (Å²) in [6.45, 7) is 3.20. The Kier molecular flexibility index (Phi) is 3.25. The number of fused-ring (bicyclic) bond motifs is 1. The lowest BCUT2D eigenvalue weighted by Gasteiger charge is -2.39. The molecular formula is C15H23N3. The van der Waals surface area contributed by atoms with Crippen molar-refractivity contribution in [2.75, 3.05) is 11.4 Å². The molecule has 1 aliphatic heterocycles. The van der Waals surface area contributed by atoms with E-state index < -0.39 is 0 Å². The molecule has 2 unspecified atom stereocenters. The van der Waals surface area contributed by atoms with Gasteiger partial charge in [-0.3, -0.25) is 0 Å². The average molecular weight is 245 g/mol. The van der Waals surface area contributed by atoms with Gasteiger partial charge in [0.1, 0.15) is 5.82 Å². The second-order valence-corrected chi connectivity index (χ2v) is 5.80. The summed E-state index contributed by atoms with van der Waals surface area (Å²) in [6.07, 6.45) is 8.73. The van der Waals surface area contributed by atoms with E-state index in [1.165, 1.54) is 37.7 Å². The van der Waals surface area contributed by atoms with Crippen LogP contribution in [0.15, 0.2) is 18.3 Å². The Morgan fingerprint density at radius 1 is 1.33 bits per heavy atom. The van der Waals surface area contributed by atoms with E-state index in [-0.39, 0.29) is 6.04 Å². The second-order valence-electron chi connectivity index (χ2n) is 5.80. The van der Waals surface area contributed by atoms with E-state index in [1.54, 1.807) is 0 Å². The van der Waals surface area contributed by atoms with Crippen molar-refractivity contribution in [2.24, 2.45) is 11.7 Å². The van der Waals surface area contributed by atoms with E-state index in [2.05, 4.69) is 22.9 Å². The maximum Gasteiger partial charge on any atom is 0.133 e. The molecule has 1 aromatic heterocycles. The zero-order valence-corrected chi connectivity index (χ0v) is 11.2. The standard InChI is InChI=1S/C15H23N3/c1-11(16)13-7-3-9-17-15(13)18-10-4-6-12-5-2-8-14(12)18/h3,7,9,11-12,14H,2,4-6,8,10,16H2,1H3/t11-,12?,14?/m0/s1. The molecule has 1 saturated carbocycles. The molecule has 2 aliphatic rings. The van der Waals surface area contributed by atoms with Gasteiger partial charge < -0.3 is 10.6 Å². The molecule has 1 saturated heterocycles. The van der Waals surface area contributed by atoms with Crippen LogP contribution in [0.2, 0.25) is 0 Å². The van der Waals surface area contributed by atoms with Crippen molar-refractivity contribution in [3.8, 4) is 0 Å². The summed E-state index contributed by atoms with van der Waals surface area (Å²) in [5, 5.41) is 0. The van der Waals surface area contributed by atoms with Gasteiger partial charge in [-0.2, -0.15) is 0 Å². The summed E-state index contributed by atoms with van der Waals surface area (Å²) in [5.41, 5.74) is 7.29. The molecule has 3 atom stereocenters. The number of aromatic nitrogens is 1. The van der Waals surface area contributed by atoms with Crippen molar-refractivity contribution in [2.45, 2.75) is 51.1 Å². The number of hydrogen-bond acceptors (Lipinski definition) is 3. The molecule has 0 amide bonds. The van der Waals surface area contributed by atoms with E-state index >= 15 is 0 Å². The zero-order valence-electron chi connectivity index (χ0n) is 11.2. The van der Waals surface area contributed by atoms with E-state index in [0.717, 1.165) is 18.3 Å². The minimum atomic E-state index is 0.0653. The Morgan fingerprint density at radius 2 is 2.17 bits per heavy atom. The van der Waals surface area contributed by atoms with Gasteiger partial charge in [-0.25, -0.2) is 4.98 Å². The van der Waals surface area contributed by atoms with Crippen LogP contribution in [-0.2, 0) is 0 Å². The van der Waals surface area contributed by atoms with Gasteiger partial charge in [0.25, 0.3) is 0 Å². The van der Waals surface area contributed by atoms with E-state index in [1.807, 2.05) is 12.3 Å². The van der Waals surface area contributed by atoms with Crippen molar-refractivity contribution in [3.63, 3.8) is 0 Å². The Hall–Kier alpha value is -1.09. The smallest absolute Gasteiger partial charge is 0.133 e. The predicted octanol–water partition coefficient (Wildman–Crippen LogP) is 2.87. The minimum Gasteiger partial charge on any atom is -0.353 e. The first-order valence-corrected chi connectivity index (χ1v) is 7.24. The van der Waals surface area contributed by atoms with Crippen molar-refractivity contribution in [1.82, 2.24) is 4.98 Å². The average Bonchev–Trinajstić information content (AvgIpc) is 2.86. The SMILES string of the molecule is C[C@H](N)c1cccnc1N1CCCC2CCCC21. The highest BCUT2D eigenvalue weighted by Gasteiger charge is 2.36. The molecule has 3 nitrogen and oxygen atoms in total. The van der Waals surface area contributed by atoms with Crippen LogP contribution >= 0.6 is 0 Å². The Balaban J connectivity index is 1.93. The third-order valence-electron chi connectivity index (χ3n) is 4.57. The lowest BCUT2D eigenvalue weighted by Crippen LogP contribution is -2.43. The molecule has 3 heteroatoms. The number of nitrogens with zero attached hydrogens (tertiary/aromatic N) is 2. The maximum atomic E-state index is 6.09. The van der Waals surface area contributed by atoms with Gasteiger partial charge in [-0.1, -0.05) is 12.5 Å². The summed E-state index contributed by atoms with van der Waals surface area (Å²) in [5.74, 6) is 2.03. The number of piperidine rings is 1. The van der Waals surface area contributed by atoms with Crippen LogP contribution in [0.3, 0.4) is 0 Å². The van der Waals surface area contributed by atoms with Crippen LogP contribution in [0.25, 0.3) is 0 Å². The highest BCUT2D eigenvalue weighted by molar-refractivity contribution is 5.50. The van der Waals surface area contributed by atoms with Crippen LogP contribution in [0, 0.1) is 5.92 Å². The van der Waals surface area contributed by atoms with Gasteiger partial charge in [0.15, 0.2) is 0 Å². The van der Waals surface area contributed by atoms with Crippen LogP contribution in [0.1, 0.15) is 50.6 Å². The maximum absolute atomic E-state index is 6.09. The van der Waals surface area contributed by atoms with E-state index in [9.17, 15) is 0 Å². The van der Waals surface area contributed by atoms with Crippen LogP contribution in [0.4, 0.5) is 5.82 Å². The van der Waals surface area contributed by atoms with Gasteiger partial charge in [0.05, 0.1) is 0 Å². The third-order valence-corrected chi connectivity index (χ3v) is 4.57. The highest BCUT2D eigenvalue weighted by Crippen LogP contribution is 2.39. The second kappa shape index (κ2) is 4.88. The topological polar surface area (TPSA) is 42.1 Å². The minimum absolute atomic E-state index is 0.0653. The molecule has 3 rings (SSSR count). The predicted molar refractivity (Wildman–Crippen MR) is 74.5 cm³/mol. The normalized spacial score (nSPS) is 29.1. The Morgan fingerprint density at radius 3 is 3.00 bits per heavy atom. The van der Waals surface area contributed by atoms with E-state index in [4.69, 9.17) is 5.73 Å². The first kappa shape index (κ1) is 12.0. The van der Waals surface area contributed by atoms with Gasteiger partial charge >= 0.3 is 0 Å². The van der Waals surface area contributed by atoms with Crippen molar-refractivity contribution < 1.29 is 0 Å². The third kappa shape index (κ3) is 2.01. The molecule has 18 heavy (non-hydrogen) atoms. The van der Waals surface area contributed by atoms with Crippen LogP contribution < -0.4 is 10.6 Å². The molecule has 0 bridgehead atoms. The van der Waals surface area contributed by atoms with Crippen LogP contribution in [0.5, 0.6) is 0 Å². The van der Waals surface area contributed by atoms with Gasteiger partial charge in [0.2, 0.25) is 0 Å². The Bertz CT molecular complexity index is 416. The lowest BCUT2D eigenvalue weighted by molar-refractivity contribution is 0.359. The van der Waals surface area contributed by atoms with Crippen molar-refractivity contribution in [3.05, 3.63) is 23.9 Å². The number of anilines is 1. The quantitative estimate of drug-likeness (QED) is 0.871.